The summed E-state index contributed by atoms with van der Waals surface area (Å²) in [5, 5.41) is 7.66. The Kier molecular flexibility index (Phi) is 8.56. The van der Waals surface area contributed by atoms with Crippen molar-refractivity contribution in [2.24, 2.45) is 0 Å². The predicted molar refractivity (Wildman–Crippen MR) is 135 cm³/mol. The molecule has 1 unspecified atom stereocenters. The first-order chi connectivity index (χ1) is 16.9. The molecule has 2 saturated heterocycles. The van der Waals surface area contributed by atoms with E-state index in [4.69, 9.17) is 11.6 Å². The Morgan fingerprint density at radius 2 is 1.63 bits per heavy atom. The monoisotopic (exact) mass is 502 g/mol. The summed E-state index contributed by atoms with van der Waals surface area (Å²) in [6.45, 7) is 5.25. The lowest BCUT2D eigenvalue weighted by molar-refractivity contribution is -0.129. The lowest BCUT2D eigenvalue weighted by Crippen LogP contribution is -2.58. The van der Waals surface area contributed by atoms with Gasteiger partial charge in [-0.1, -0.05) is 29.8 Å². The maximum Gasteiger partial charge on any atom is 0.320 e. The van der Waals surface area contributed by atoms with E-state index in [0.717, 1.165) is 39.0 Å². The van der Waals surface area contributed by atoms with Crippen LogP contribution < -0.4 is 16.1 Å². The number of likely N-dealkylation sites (tertiary alicyclic amines) is 1. The smallest absolute Gasteiger partial charge is 0.320 e. The molecular weight excluding hydrogens is 471 g/mol. The fourth-order valence-electron chi connectivity index (χ4n) is 4.60. The quantitative estimate of drug-likeness (QED) is 0.565. The molecule has 0 aliphatic carbocycles. The van der Waals surface area contributed by atoms with Crippen molar-refractivity contribution in [1.82, 2.24) is 25.6 Å². The Bertz CT molecular complexity index is 1010. The Labute approximate surface area is 210 Å². The van der Waals surface area contributed by atoms with E-state index in [1.54, 1.807) is 36.4 Å². The highest BCUT2D eigenvalue weighted by Gasteiger charge is 2.30. The highest BCUT2D eigenvalue weighted by molar-refractivity contribution is 6.30. The summed E-state index contributed by atoms with van der Waals surface area (Å²) >= 11 is 5.89. The van der Waals surface area contributed by atoms with Crippen molar-refractivity contribution in [3.8, 4) is 0 Å². The number of carbonyl (C=O) groups is 2. The van der Waals surface area contributed by atoms with Gasteiger partial charge in [0.2, 0.25) is 0 Å². The number of nitrogens with one attached hydrogen (secondary N) is 3. The number of nitrogens with zero attached hydrogens (tertiary/aromatic N) is 3. The summed E-state index contributed by atoms with van der Waals surface area (Å²) in [5.74, 6) is -1.05. The summed E-state index contributed by atoms with van der Waals surface area (Å²) in [7, 11) is 2.15. The number of halogens is 2. The average Bonchev–Trinajstić information content (AvgIpc) is 2.85. The van der Waals surface area contributed by atoms with E-state index < -0.39 is 23.8 Å². The van der Waals surface area contributed by atoms with Crippen molar-refractivity contribution >= 4 is 29.2 Å². The second kappa shape index (κ2) is 11.8. The summed E-state index contributed by atoms with van der Waals surface area (Å²) in [4.78, 5) is 30.7. The van der Waals surface area contributed by atoms with E-state index in [1.807, 2.05) is 5.01 Å². The molecule has 0 aromatic heterocycles. The molecule has 0 radical (unpaired) electrons. The van der Waals surface area contributed by atoms with Gasteiger partial charge in [-0.25, -0.2) is 14.2 Å². The lowest BCUT2D eigenvalue weighted by atomic mass is 10.0. The summed E-state index contributed by atoms with van der Waals surface area (Å²) < 4.78 is 14.6. The van der Waals surface area contributed by atoms with Gasteiger partial charge in [-0.3, -0.25) is 15.1 Å². The van der Waals surface area contributed by atoms with Gasteiger partial charge in [0.1, 0.15) is 11.9 Å². The molecule has 1 atom stereocenters. The Morgan fingerprint density at radius 1 is 0.971 bits per heavy atom. The van der Waals surface area contributed by atoms with E-state index in [0.29, 0.717) is 29.8 Å². The number of piperidine rings is 1. The summed E-state index contributed by atoms with van der Waals surface area (Å²) in [5.41, 5.74) is 3.49. The summed E-state index contributed by atoms with van der Waals surface area (Å²) in [6, 6.07) is 11.3. The zero-order chi connectivity index (χ0) is 24.8. The average molecular weight is 503 g/mol. The zero-order valence-corrected chi connectivity index (χ0v) is 20.6. The molecule has 3 N–H and O–H groups in total. The first-order valence-electron chi connectivity index (χ1n) is 11.9. The molecule has 35 heavy (non-hydrogen) atoms. The van der Waals surface area contributed by atoms with Gasteiger partial charge in [0.25, 0.3) is 5.91 Å². The molecule has 0 spiro atoms. The largest absolute Gasteiger partial charge is 0.322 e. The Morgan fingerprint density at radius 3 is 2.29 bits per heavy atom. The Hall–Kier alpha value is -2.72. The second-order valence-corrected chi connectivity index (χ2v) is 9.53. The van der Waals surface area contributed by atoms with Crippen LogP contribution >= 0.6 is 11.6 Å². The third-order valence-electron chi connectivity index (χ3n) is 6.64. The van der Waals surface area contributed by atoms with Crippen LogP contribution in [0.3, 0.4) is 0 Å². The molecule has 0 bridgehead atoms. The molecule has 4 rings (SSSR count). The van der Waals surface area contributed by atoms with Crippen molar-refractivity contribution < 1.29 is 14.0 Å². The van der Waals surface area contributed by atoms with Crippen LogP contribution in [0.15, 0.2) is 48.5 Å². The van der Waals surface area contributed by atoms with Crippen molar-refractivity contribution in [2.45, 2.75) is 24.9 Å². The van der Waals surface area contributed by atoms with Gasteiger partial charge in [0.05, 0.1) is 0 Å². The molecule has 8 nitrogen and oxygen atoms in total. The molecular formula is C25H32ClFN6O2. The van der Waals surface area contributed by atoms with Crippen LogP contribution in [0.5, 0.6) is 0 Å². The minimum absolute atomic E-state index is 0.0983. The van der Waals surface area contributed by atoms with E-state index in [9.17, 15) is 14.0 Å². The molecule has 2 aliphatic heterocycles. The minimum atomic E-state index is -1.20. The highest BCUT2D eigenvalue weighted by atomic mass is 35.5. The SMILES string of the molecule is CN1CCC(N2CCN(NC(=O)C(NC(=O)Nc3ccc(Cl)cc3)c3ccccc3F)CC2)CC1. The van der Waals surface area contributed by atoms with Crippen molar-refractivity contribution in [1.29, 1.82) is 0 Å². The molecule has 188 valence electrons. The van der Waals surface area contributed by atoms with Gasteiger partial charge in [0, 0.05) is 48.5 Å². The van der Waals surface area contributed by atoms with Gasteiger partial charge in [-0.15, -0.1) is 0 Å². The third-order valence-corrected chi connectivity index (χ3v) is 6.89. The fraction of sp³-hybridized carbons (Fsp3) is 0.440. The molecule has 2 fully saturated rings. The molecule has 0 saturated carbocycles. The van der Waals surface area contributed by atoms with Crippen molar-refractivity contribution in [2.75, 3.05) is 51.6 Å². The van der Waals surface area contributed by atoms with Crippen LogP contribution in [-0.4, -0.2) is 79.1 Å². The van der Waals surface area contributed by atoms with Crippen LogP contribution in [0, 0.1) is 5.82 Å². The fourth-order valence-corrected chi connectivity index (χ4v) is 4.73. The topological polar surface area (TPSA) is 80.0 Å². The molecule has 2 heterocycles. The van der Waals surface area contributed by atoms with Crippen LogP contribution in [0.2, 0.25) is 5.02 Å². The molecule has 3 amide bonds. The number of anilines is 1. The Balaban J connectivity index is 1.37. The summed E-state index contributed by atoms with van der Waals surface area (Å²) in [6.07, 6.45) is 2.32. The standard InChI is InChI=1S/C25H32ClFN6O2/c1-31-12-10-20(11-13-31)32-14-16-33(17-15-32)30-24(34)23(21-4-2-3-5-22(21)27)29-25(35)28-19-8-6-18(26)7-9-19/h2-9,20,23H,10-17H2,1H3,(H,30,34)(H2,28,29,35). The van der Waals surface area contributed by atoms with Gasteiger partial charge >= 0.3 is 6.03 Å². The lowest BCUT2D eigenvalue weighted by Gasteiger charge is -2.42. The molecule has 10 heteroatoms. The maximum atomic E-state index is 14.6. The van der Waals surface area contributed by atoms with Crippen LogP contribution in [0.4, 0.5) is 14.9 Å². The number of piperazine rings is 1. The van der Waals surface area contributed by atoms with Gasteiger partial charge < -0.3 is 15.5 Å². The van der Waals surface area contributed by atoms with Crippen LogP contribution in [0.1, 0.15) is 24.4 Å². The van der Waals surface area contributed by atoms with Gasteiger partial charge in [-0.2, -0.15) is 0 Å². The van der Waals surface area contributed by atoms with Crippen molar-refractivity contribution in [3.05, 3.63) is 64.9 Å². The van der Waals surface area contributed by atoms with Crippen molar-refractivity contribution in [3.63, 3.8) is 0 Å². The van der Waals surface area contributed by atoms with Gasteiger partial charge in [0.15, 0.2) is 0 Å². The minimum Gasteiger partial charge on any atom is -0.322 e. The zero-order valence-electron chi connectivity index (χ0n) is 19.8. The third kappa shape index (κ3) is 6.91. The van der Waals surface area contributed by atoms with E-state index in [2.05, 4.69) is 32.9 Å². The number of urea groups is 1. The van der Waals surface area contributed by atoms with E-state index >= 15 is 0 Å². The van der Waals surface area contributed by atoms with E-state index in [1.165, 1.54) is 12.1 Å². The molecule has 2 aromatic rings. The molecule has 2 aromatic carbocycles. The molecule has 2 aliphatic rings. The number of hydrogen-bond donors (Lipinski definition) is 3. The first kappa shape index (κ1) is 25.4. The second-order valence-electron chi connectivity index (χ2n) is 9.09. The van der Waals surface area contributed by atoms with Crippen LogP contribution in [-0.2, 0) is 4.79 Å². The predicted octanol–water partition coefficient (Wildman–Crippen LogP) is 3.08. The number of carbonyl (C=O) groups excluding carboxylic acids is 2. The van der Waals surface area contributed by atoms with Gasteiger partial charge in [-0.05, 0) is 63.3 Å². The number of hydrogen-bond acceptors (Lipinski definition) is 5. The normalized spacial score (nSPS) is 19.2. The number of rotatable bonds is 6. The highest BCUT2D eigenvalue weighted by Crippen LogP contribution is 2.20. The number of benzene rings is 2. The number of amides is 3. The first-order valence-corrected chi connectivity index (χ1v) is 12.3. The van der Waals surface area contributed by atoms with Crippen LogP contribution in [0.25, 0.3) is 0 Å². The maximum absolute atomic E-state index is 14.6. The number of hydrazine groups is 1. The van der Waals surface area contributed by atoms with E-state index in [-0.39, 0.29) is 5.56 Å².